The van der Waals surface area contributed by atoms with E-state index < -0.39 is 0 Å². The van der Waals surface area contributed by atoms with Gasteiger partial charge >= 0.3 is 0 Å². The normalized spacial score (nSPS) is 14.1. The Balaban J connectivity index is 2.73. The van der Waals surface area contributed by atoms with Crippen LogP contribution in [0.3, 0.4) is 0 Å². The number of halogens is 1. The standard InChI is InChI=1S/C13H19ClN2O/c1-4-8(2)9(3)16-13(17)10-5-6-11(14)12(15)7-10/h5-9H,4,15H2,1-3H3,(H,16,17). The number of anilines is 1. The molecule has 1 aromatic carbocycles. The van der Waals surface area contributed by atoms with Crippen LogP contribution < -0.4 is 11.1 Å². The summed E-state index contributed by atoms with van der Waals surface area (Å²) in [5, 5.41) is 3.42. The second-order valence-corrected chi connectivity index (χ2v) is 4.79. The van der Waals surface area contributed by atoms with Crippen LogP contribution in [0, 0.1) is 5.92 Å². The number of nitrogen functional groups attached to an aromatic ring is 1. The van der Waals surface area contributed by atoms with Crippen LogP contribution in [0.25, 0.3) is 0 Å². The molecule has 1 aromatic rings. The van der Waals surface area contributed by atoms with Gasteiger partial charge in [-0.3, -0.25) is 4.79 Å². The summed E-state index contributed by atoms with van der Waals surface area (Å²) >= 11 is 5.81. The third-order valence-electron chi connectivity index (χ3n) is 3.11. The van der Waals surface area contributed by atoms with Crippen molar-refractivity contribution >= 4 is 23.2 Å². The Morgan fingerprint density at radius 2 is 2.12 bits per heavy atom. The van der Waals surface area contributed by atoms with Crippen LogP contribution in [-0.2, 0) is 0 Å². The predicted molar refractivity (Wildman–Crippen MR) is 72.2 cm³/mol. The Morgan fingerprint density at radius 1 is 1.47 bits per heavy atom. The number of hydrogen-bond acceptors (Lipinski definition) is 2. The number of benzene rings is 1. The van der Waals surface area contributed by atoms with Crippen molar-refractivity contribution < 1.29 is 4.79 Å². The molecule has 0 radical (unpaired) electrons. The molecule has 2 unspecified atom stereocenters. The first-order valence-electron chi connectivity index (χ1n) is 5.81. The Bertz CT molecular complexity index is 406. The predicted octanol–water partition coefficient (Wildman–Crippen LogP) is 3.09. The molecule has 3 nitrogen and oxygen atoms in total. The summed E-state index contributed by atoms with van der Waals surface area (Å²) in [5.41, 5.74) is 6.63. The van der Waals surface area contributed by atoms with Crippen LogP contribution in [0.15, 0.2) is 18.2 Å². The van der Waals surface area contributed by atoms with E-state index in [2.05, 4.69) is 19.2 Å². The lowest BCUT2D eigenvalue weighted by Gasteiger charge is -2.20. The summed E-state index contributed by atoms with van der Waals surface area (Å²) in [5.74, 6) is 0.338. The average molecular weight is 255 g/mol. The number of nitrogens with one attached hydrogen (secondary N) is 1. The quantitative estimate of drug-likeness (QED) is 0.812. The van der Waals surface area contributed by atoms with E-state index in [1.54, 1.807) is 18.2 Å². The van der Waals surface area contributed by atoms with Gasteiger partial charge in [0.05, 0.1) is 10.7 Å². The van der Waals surface area contributed by atoms with Crippen LogP contribution in [0.5, 0.6) is 0 Å². The molecule has 1 rings (SSSR count). The highest BCUT2D eigenvalue weighted by molar-refractivity contribution is 6.33. The summed E-state index contributed by atoms with van der Waals surface area (Å²) in [7, 11) is 0. The van der Waals surface area contributed by atoms with Crippen LogP contribution in [0.1, 0.15) is 37.6 Å². The molecule has 0 fully saturated rings. The highest BCUT2D eigenvalue weighted by Crippen LogP contribution is 2.19. The van der Waals surface area contributed by atoms with Gasteiger partial charge in [-0.15, -0.1) is 0 Å². The number of rotatable bonds is 4. The molecule has 0 heterocycles. The number of carbonyl (C=O) groups is 1. The minimum atomic E-state index is -0.110. The fourth-order valence-electron chi connectivity index (χ4n) is 1.47. The largest absolute Gasteiger partial charge is 0.398 e. The van der Waals surface area contributed by atoms with Gasteiger partial charge in [-0.05, 0) is 31.0 Å². The van der Waals surface area contributed by atoms with Crippen molar-refractivity contribution in [1.29, 1.82) is 0 Å². The molecule has 1 amide bonds. The van der Waals surface area contributed by atoms with Gasteiger partial charge in [-0.25, -0.2) is 0 Å². The zero-order valence-corrected chi connectivity index (χ0v) is 11.2. The van der Waals surface area contributed by atoms with E-state index in [-0.39, 0.29) is 11.9 Å². The van der Waals surface area contributed by atoms with E-state index in [4.69, 9.17) is 17.3 Å². The van der Waals surface area contributed by atoms with E-state index in [0.717, 1.165) is 6.42 Å². The second kappa shape index (κ2) is 5.92. The van der Waals surface area contributed by atoms with Crippen molar-refractivity contribution in [1.82, 2.24) is 5.32 Å². The molecule has 3 N–H and O–H groups in total. The van der Waals surface area contributed by atoms with Gasteiger partial charge < -0.3 is 11.1 Å². The van der Waals surface area contributed by atoms with E-state index in [0.29, 0.717) is 22.2 Å². The molecule has 0 bridgehead atoms. The molecule has 2 atom stereocenters. The Labute approximate surface area is 107 Å². The number of nitrogens with two attached hydrogens (primary N) is 1. The molecular weight excluding hydrogens is 236 g/mol. The third-order valence-corrected chi connectivity index (χ3v) is 3.46. The summed E-state index contributed by atoms with van der Waals surface area (Å²) < 4.78 is 0. The molecule has 17 heavy (non-hydrogen) atoms. The smallest absolute Gasteiger partial charge is 0.251 e. The minimum Gasteiger partial charge on any atom is -0.398 e. The monoisotopic (exact) mass is 254 g/mol. The fourth-order valence-corrected chi connectivity index (χ4v) is 1.59. The highest BCUT2D eigenvalue weighted by atomic mass is 35.5. The van der Waals surface area contributed by atoms with Gasteiger partial charge in [0.15, 0.2) is 0 Å². The second-order valence-electron chi connectivity index (χ2n) is 4.38. The van der Waals surface area contributed by atoms with Gasteiger partial charge in [-0.1, -0.05) is 31.9 Å². The van der Waals surface area contributed by atoms with Crippen LogP contribution in [0.4, 0.5) is 5.69 Å². The van der Waals surface area contributed by atoms with Gasteiger partial charge in [0.1, 0.15) is 0 Å². The maximum atomic E-state index is 11.9. The molecule has 4 heteroatoms. The van der Waals surface area contributed by atoms with E-state index >= 15 is 0 Å². The molecule has 0 saturated heterocycles. The lowest BCUT2D eigenvalue weighted by molar-refractivity contribution is 0.0928. The van der Waals surface area contributed by atoms with Gasteiger partial charge in [0, 0.05) is 11.6 Å². The van der Waals surface area contributed by atoms with Crippen molar-refractivity contribution in [3.63, 3.8) is 0 Å². The zero-order chi connectivity index (χ0) is 13.0. The lowest BCUT2D eigenvalue weighted by atomic mass is 10.0. The maximum absolute atomic E-state index is 11.9. The zero-order valence-electron chi connectivity index (χ0n) is 10.5. The van der Waals surface area contributed by atoms with Crippen molar-refractivity contribution in [3.05, 3.63) is 28.8 Å². The molecule has 0 aliphatic rings. The SMILES string of the molecule is CCC(C)C(C)NC(=O)c1ccc(Cl)c(N)c1. The number of amides is 1. The van der Waals surface area contributed by atoms with Crippen LogP contribution >= 0.6 is 11.6 Å². The lowest BCUT2D eigenvalue weighted by Crippen LogP contribution is -2.36. The van der Waals surface area contributed by atoms with Crippen molar-refractivity contribution in [2.75, 3.05) is 5.73 Å². The first-order chi connectivity index (χ1) is 7.95. The summed E-state index contributed by atoms with van der Waals surface area (Å²) in [6.07, 6.45) is 1.03. The van der Waals surface area contributed by atoms with E-state index in [1.165, 1.54) is 0 Å². The average Bonchev–Trinajstić information content (AvgIpc) is 2.31. The summed E-state index contributed by atoms with van der Waals surface area (Å²) in [4.78, 5) is 11.9. The molecule has 0 aliphatic heterocycles. The fraction of sp³-hybridized carbons (Fsp3) is 0.462. The Hall–Kier alpha value is -1.22. The number of carbonyl (C=O) groups excluding carboxylic acids is 1. The summed E-state index contributed by atoms with van der Waals surface area (Å²) in [6.45, 7) is 6.22. The van der Waals surface area contributed by atoms with Crippen LogP contribution in [-0.4, -0.2) is 11.9 Å². The van der Waals surface area contributed by atoms with Gasteiger partial charge in [0.2, 0.25) is 0 Å². The van der Waals surface area contributed by atoms with Crippen molar-refractivity contribution in [2.45, 2.75) is 33.2 Å². The highest BCUT2D eigenvalue weighted by Gasteiger charge is 2.14. The van der Waals surface area contributed by atoms with Crippen molar-refractivity contribution in [2.24, 2.45) is 5.92 Å². The van der Waals surface area contributed by atoms with Gasteiger partial charge in [-0.2, -0.15) is 0 Å². The molecule has 0 spiro atoms. The number of hydrogen-bond donors (Lipinski definition) is 2. The van der Waals surface area contributed by atoms with Crippen molar-refractivity contribution in [3.8, 4) is 0 Å². The maximum Gasteiger partial charge on any atom is 0.251 e. The molecule has 0 saturated carbocycles. The summed E-state index contributed by atoms with van der Waals surface area (Å²) in [6, 6.07) is 5.06. The van der Waals surface area contributed by atoms with Gasteiger partial charge in [0.25, 0.3) is 5.91 Å². The first kappa shape index (κ1) is 13.8. The third kappa shape index (κ3) is 3.63. The molecule has 0 aromatic heterocycles. The Kier molecular flexibility index (Phi) is 4.82. The molecular formula is C13H19ClN2O. The van der Waals surface area contributed by atoms with E-state index in [1.807, 2.05) is 6.92 Å². The van der Waals surface area contributed by atoms with E-state index in [9.17, 15) is 4.79 Å². The van der Waals surface area contributed by atoms with Crippen LogP contribution in [0.2, 0.25) is 5.02 Å². The Morgan fingerprint density at radius 3 is 2.65 bits per heavy atom. The molecule has 0 aliphatic carbocycles. The topological polar surface area (TPSA) is 55.1 Å². The molecule has 94 valence electrons. The minimum absolute atomic E-state index is 0.110. The first-order valence-corrected chi connectivity index (χ1v) is 6.19.